The molecular weight excluding hydrogens is 140 g/mol. The summed E-state index contributed by atoms with van der Waals surface area (Å²) in [6.45, 7) is 0. The van der Waals surface area contributed by atoms with E-state index < -0.39 is 13.6 Å². The summed E-state index contributed by atoms with van der Waals surface area (Å²) in [7, 11) is 0. The maximum atomic E-state index is 8.82. The van der Waals surface area contributed by atoms with Crippen molar-refractivity contribution in [1.82, 2.24) is 0 Å². The molecule has 0 aliphatic rings. The molecule has 0 aromatic rings. The molecule has 2 N–H and O–H groups in total. The number of hydrogen-bond donors (Lipinski definition) is 2. The van der Waals surface area contributed by atoms with Gasteiger partial charge in [-0.25, -0.2) is 0 Å². The Morgan fingerprint density at radius 1 is 1.17 bits per heavy atom. The second-order valence-corrected chi connectivity index (χ2v) is 1.85. The summed E-state index contributed by atoms with van der Waals surface area (Å²) in [5.41, 5.74) is 0. The summed E-state index contributed by atoms with van der Waals surface area (Å²) in [5.74, 6) is 0. The molecule has 0 aliphatic carbocycles. The van der Waals surface area contributed by atoms with Crippen LogP contribution in [0.15, 0.2) is 0 Å². The standard InChI is InChI=1S/Cr.Mg.2H2O.2O/h;;2*1H2;;/q+2;;;;;/p-2. The van der Waals surface area contributed by atoms with Crippen LogP contribution in [0, 0.1) is 0 Å². The third-order valence-corrected chi connectivity index (χ3v) is 0. The van der Waals surface area contributed by atoms with Gasteiger partial charge in [-0.1, -0.05) is 0 Å². The summed E-state index contributed by atoms with van der Waals surface area (Å²) in [6.07, 6.45) is 0. The van der Waals surface area contributed by atoms with Crippen molar-refractivity contribution in [3.05, 3.63) is 0 Å². The van der Waals surface area contributed by atoms with Gasteiger partial charge >= 0.3 is 29.5 Å². The summed E-state index contributed by atoms with van der Waals surface area (Å²) in [6, 6.07) is 0. The Morgan fingerprint density at radius 3 is 1.17 bits per heavy atom. The molecule has 0 saturated heterocycles. The van der Waals surface area contributed by atoms with Gasteiger partial charge in [-0.3, -0.25) is 0 Å². The molecule has 6 heteroatoms. The van der Waals surface area contributed by atoms with Gasteiger partial charge in [0.1, 0.15) is 0 Å². The topological polar surface area (TPSA) is 74.6 Å². The minimum absolute atomic E-state index is 0. The predicted molar refractivity (Wildman–Crippen MR) is 11.6 cm³/mol. The fraction of sp³-hybridized carbons (Fsp3) is 0. The molecule has 0 atom stereocenters. The van der Waals surface area contributed by atoms with E-state index in [-0.39, 0.29) is 23.1 Å². The molecule has 0 spiro atoms. The first-order valence-corrected chi connectivity index (χ1v) is 2.88. The quantitative estimate of drug-likeness (QED) is 0.394. The second-order valence-electron chi connectivity index (χ2n) is 0.448. The van der Waals surface area contributed by atoms with Gasteiger partial charge in [0.05, 0.1) is 0 Å². The van der Waals surface area contributed by atoms with Crippen LogP contribution in [-0.4, -0.2) is 31.4 Å². The molecule has 0 amide bonds. The third-order valence-electron chi connectivity index (χ3n) is 0. The van der Waals surface area contributed by atoms with Crippen molar-refractivity contribution in [2.24, 2.45) is 0 Å². The van der Waals surface area contributed by atoms with Crippen molar-refractivity contribution in [3.8, 4) is 0 Å². The zero-order valence-electron chi connectivity index (χ0n) is 2.83. The predicted octanol–water partition coefficient (Wildman–Crippen LogP) is -1.73. The molecule has 0 saturated carbocycles. The average Bonchev–Trinajstić information content (AvgIpc) is 0.722. The molecule has 6 heavy (non-hydrogen) atoms. The van der Waals surface area contributed by atoms with Crippen molar-refractivity contribution in [1.29, 1.82) is 0 Å². The van der Waals surface area contributed by atoms with Gasteiger partial charge in [0, 0.05) is 23.1 Å². The molecule has 0 aromatic carbocycles. The molecular formula is H2CrMgO4. The van der Waals surface area contributed by atoms with Gasteiger partial charge in [0.15, 0.2) is 0 Å². The first-order chi connectivity index (χ1) is 2.00. The van der Waals surface area contributed by atoms with Crippen LogP contribution < -0.4 is 0 Å². The second kappa shape index (κ2) is 2.91. The van der Waals surface area contributed by atoms with Crippen LogP contribution >= 0.6 is 0 Å². The fourth-order valence-electron chi connectivity index (χ4n) is 0. The van der Waals surface area contributed by atoms with Crippen LogP contribution in [0.3, 0.4) is 0 Å². The van der Waals surface area contributed by atoms with Gasteiger partial charge in [-0.2, -0.15) is 0 Å². The Labute approximate surface area is 52.7 Å². The first kappa shape index (κ1) is 9.94. The molecule has 2 radical (unpaired) electrons. The molecule has 0 unspecified atom stereocenters. The summed E-state index contributed by atoms with van der Waals surface area (Å²) in [5, 5.41) is 0. The minimum atomic E-state index is -5.25. The van der Waals surface area contributed by atoms with Crippen LogP contribution in [0.1, 0.15) is 0 Å². The van der Waals surface area contributed by atoms with Crippen LogP contribution in [0.25, 0.3) is 0 Å². The fourth-order valence-corrected chi connectivity index (χ4v) is 0. The van der Waals surface area contributed by atoms with E-state index in [1.165, 1.54) is 0 Å². The summed E-state index contributed by atoms with van der Waals surface area (Å²) < 4.78 is 31.9. The van der Waals surface area contributed by atoms with E-state index in [1.54, 1.807) is 0 Å². The Kier molecular flexibility index (Phi) is 4.82. The third kappa shape index (κ3) is 105. The molecule has 0 rings (SSSR count). The van der Waals surface area contributed by atoms with Gasteiger partial charge < -0.3 is 0 Å². The molecule has 0 aromatic heterocycles. The van der Waals surface area contributed by atoms with E-state index in [4.69, 9.17) is 15.9 Å². The molecule has 0 bridgehead atoms. The van der Waals surface area contributed by atoms with Crippen LogP contribution in [-0.2, 0) is 21.2 Å². The van der Waals surface area contributed by atoms with Gasteiger partial charge in [0.25, 0.3) is 0 Å². The van der Waals surface area contributed by atoms with E-state index >= 15 is 0 Å². The van der Waals surface area contributed by atoms with Crippen LogP contribution in [0.2, 0.25) is 0 Å². The van der Waals surface area contributed by atoms with Gasteiger partial charge in [0.2, 0.25) is 0 Å². The monoisotopic (exact) mass is 142 g/mol. The Bertz CT molecular complexity index is 90.7. The molecule has 0 heterocycles. The number of rotatable bonds is 0. The van der Waals surface area contributed by atoms with Crippen molar-refractivity contribution in [2.75, 3.05) is 0 Å². The van der Waals surface area contributed by atoms with E-state index in [2.05, 4.69) is 0 Å². The Hall–Kier alpha value is 0.819. The number of hydrogen-bond acceptors (Lipinski definition) is 2. The zero-order valence-corrected chi connectivity index (χ0v) is 5.52. The van der Waals surface area contributed by atoms with Crippen molar-refractivity contribution in [2.45, 2.75) is 0 Å². The Balaban J connectivity index is 0. The van der Waals surface area contributed by atoms with Crippen molar-refractivity contribution >= 4 is 23.1 Å². The van der Waals surface area contributed by atoms with Crippen LogP contribution in [0.4, 0.5) is 0 Å². The SMILES string of the molecule is [Mg].[O]=[Cr](=[O])([OH])[OH]. The molecule has 4 nitrogen and oxygen atoms in total. The average molecular weight is 142 g/mol. The summed E-state index contributed by atoms with van der Waals surface area (Å²) >= 11 is -5.25. The van der Waals surface area contributed by atoms with E-state index in [1.807, 2.05) is 0 Å². The van der Waals surface area contributed by atoms with Crippen molar-refractivity contribution in [3.63, 3.8) is 0 Å². The maximum absolute atomic E-state index is 8.82. The Morgan fingerprint density at radius 2 is 1.17 bits per heavy atom. The molecule has 34 valence electrons. The van der Waals surface area contributed by atoms with Crippen LogP contribution in [0.5, 0.6) is 0 Å². The van der Waals surface area contributed by atoms with Gasteiger partial charge in [-0.05, 0) is 0 Å². The van der Waals surface area contributed by atoms with E-state index in [0.717, 1.165) is 0 Å². The summed E-state index contributed by atoms with van der Waals surface area (Å²) in [4.78, 5) is 0. The van der Waals surface area contributed by atoms with Gasteiger partial charge in [-0.15, -0.1) is 0 Å². The zero-order chi connectivity index (χ0) is 4.50. The van der Waals surface area contributed by atoms with E-state index in [9.17, 15) is 0 Å². The molecule has 0 aliphatic heterocycles. The first-order valence-electron chi connectivity index (χ1n) is 0.698. The molecule has 0 fully saturated rings. The van der Waals surface area contributed by atoms with Crippen molar-refractivity contribution < 1.29 is 29.5 Å². The van der Waals surface area contributed by atoms with E-state index in [0.29, 0.717) is 0 Å². The normalized spacial score (nSPS) is 9.67.